The molecule has 0 aliphatic carbocycles. The van der Waals surface area contributed by atoms with Gasteiger partial charge in [-0.2, -0.15) is 0 Å². The van der Waals surface area contributed by atoms with Gasteiger partial charge in [0, 0.05) is 13.1 Å². The molecule has 9 heteroatoms. The van der Waals surface area contributed by atoms with Gasteiger partial charge in [0.05, 0.1) is 16.5 Å². The summed E-state index contributed by atoms with van der Waals surface area (Å²) in [5.74, 6) is 0.392. The van der Waals surface area contributed by atoms with Crippen LogP contribution in [0.1, 0.15) is 36.8 Å². The summed E-state index contributed by atoms with van der Waals surface area (Å²) in [6.45, 7) is 1.47. The van der Waals surface area contributed by atoms with Crippen LogP contribution < -0.4 is 9.47 Å². The molecule has 3 aromatic rings. The lowest BCUT2D eigenvalue weighted by atomic mass is 10.1. The van der Waals surface area contributed by atoms with Crippen LogP contribution in [-0.2, 0) is 16.2 Å². The summed E-state index contributed by atoms with van der Waals surface area (Å²) in [6.07, 6.45) is 5.74. The highest BCUT2D eigenvalue weighted by molar-refractivity contribution is 9.10. The zero-order valence-corrected chi connectivity index (χ0v) is 24.1. The van der Waals surface area contributed by atoms with Crippen molar-refractivity contribution >= 4 is 61.6 Å². The van der Waals surface area contributed by atoms with Crippen LogP contribution in [0.5, 0.6) is 11.5 Å². The molecule has 2 fully saturated rings. The Labute approximate surface area is 240 Å². The van der Waals surface area contributed by atoms with Crippen LogP contribution in [0.2, 0.25) is 0 Å². The lowest BCUT2D eigenvalue weighted by Gasteiger charge is -2.22. The lowest BCUT2D eigenvalue weighted by Crippen LogP contribution is -2.42. The van der Waals surface area contributed by atoms with Crippen molar-refractivity contribution in [1.82, 2.24) is 9.80 Å². The minimum absolute atomic E-state index is 0.183. The number of rotatable bonds is 7. The molecular weight excluding hydrogens is 580 g/mol. The van der Waals surface area contributed by atoms with E-state index in [4.69, 9.17) is 9.47 Å². The number of hydrogen-bond donors (Lipinski definition) is 0. The van der Waals surface area contributed by atoms with E-state index < -0.39 is 11.1 Å². The SMILES string of the molecule is COc1cc(C=C2SC(=O)N(CC(=O)N3CCCCCC3)C2=O)cc(Br)c1OCc1ccc2ccccc2c1. The van der Waals surface area contributed by atoms with Gasteiger partial charge in [-0.1, -0.05) is 49.2 Å². The van der Waals surface area contributed by atoms with E-state index in [0.717, 1.165) is 53.3 Å². The average Bonchev–Trinajstić information content (AvgIpc) is 3.12. The van der Waals surface area contributed by atoms with E-state index in [2.05, 4.69) is 40.2 Å². The molecule has 0 N–H and O–H groups in total. The Kier molecular flexibility index (Phi) is 8.57. The van der Waals surface area contributed by atoms with E-state index in [1.165, 1.54) is 5.39 Å². The van der Waals surface area contributed by atoms with Crippen molar-refractivity contribution in [2.75, 3.05) is 26.7 Å². The molecule has 7 nitrogen and oxygen atoms in total. The second kappa shape index (κ2) is 12.3. The zero-order chi connectivity index (χ0) is 27.4. The first-order chi connectivity index (χ1) is 18.9. The summed E-state index contributed by atoms with van der Waals surface area (Å²) in [4.78, 5) is 41.5. The Morgan fingerprint density at radius 3 is 2.49 bits per heavy atom. The van der Waals surface area contributed by atoms with Gasteiger partial charge >= 0.3 is 0 Å². The normalized spacial score (nSPS) is 17.1. The minimum Gasteiger partial charge on any atom is -0.493 e. The summed E-state index contributed by atoms with van der Waals surface area (Å²) in [7, 11) is 1.55. The molecule has 0 spiro atoms. The van der Waals surface area contributed by atoms with Crippen LogP contribution in [0.15, 0.2) is 64.0 Å². The lowest BCUT2D eigenvalue weighted by molar-refractivity contribution is -0.135. The number of nitrogens with zero attached hydrogens (tertiary/aromatic N) is 2. The molecule has 39 heavy (non-hydrogen) atoms. The second-order valence-corrected chi connectivity index (χ2v) is 11.4. The number of hydrogen-bond acceptors (Lipinski definition) is 6. The number of imide groups is 1. The molecule has 0 saturated carbocycles. The number of methoxy groups -OCH3 is 1. The Morgan fingerprint density at radius 2 is 1.74 bits per heavy atom. The summed E-state index contributed by atoms with van der Waals surface area (Å²) >= 11 is 4.41. The van der Waals surface area contributed by atoms with Gasteiger partial charge < -0.3 is 14.4 Å². The van der Waals surface area contributed by atoms with Gasteiger partial charge in [-0.15, -0.1) is 0 Å². The van der Waals surface area contributed by atoms with Gasteiger partial charge in [-0.25, -0.2) is 0 Å². The zero-order valence-electron chi connectivity index (χ0n) is 21.7. The highest BCUT2D eigenvalue weighted by Gasteiger charge is 2.37. The molecule has 3 amide bonds. The smallest absolute Gasteiger partial charge is 0.294 e. The largest absolute Gasteiger partial charge is 0.493 e. The van der Waals surface area contributed by atoms with E-state index in [-0.39, 0.29) is 17.4 Å². The molecule has 2 saturated heterocycles. The molecule has 0 aromatic heterocycles. The number of carbonyl (C=O) groups is 3. The Morgan fingerprint density at radius 1 is 1.00 bits per heavy atom. The molecule has 2 aliphatic rings. The summed E-state index contributed by atoms with van der Waals surface area (Å²) in [6, 6.07) is 17.9. The Bertz CT molecular complexity index is 1450. The number of benzene rings is 3. The van der Waals surface area contributed by atoms with Crippen molar-refractivity contribution in [2.24, 2.45) is 0 Å². The van der Waals surface area contributed by atoms with Gasteiger partial charge in [-0.05, 0) is 86.7 Å². The molecule has 2 heterocycles. The fraction of sp³-hybridized carbons (Fsp3) is 0.300. The molecule has 2 aliphatic heterocycles. The average molecular weight is 610 g/mol. The maximum Gasteiger partial charge on any atom is 0.294 e. The van der Waals surface area contributed by atoms with Crippen molar-refractivity contribution in [1.29, 1.82) is 0 Å². The summed E-state index contributed by atoms with van der Waals surface area (Å²) < 4.78 is 12.4. The molecule has 5 rings (SSSR count). The number of ether oxygens (including phenoxy) is 2. The fourth-order valence-electron chi connectivity index (χ4n) is 4.79. The molecule has 0 unspecified atom stereocenters. The number of likely N-dealkylation sites (tertiary alicyclic amines) is 1. The van der Waals surface area contributed by atoms with E-state index in [9.17, 15) is 14.4 Å². The summed E-state index contributed by atoms with van der Waals surface area (Å²) in [5.41, 5.74) is 1.69. The highest BCUT2D eigenvalue weighted by atomic mass is 79.9. The van der Waals surface area contributed by atoms with E-state index >= 15 is 0 Å². The van der Waals surface area contributed by atoms with Gasteiger partial charge in [0.15, 0.2) is 11.5 Å². The third-order valence-corrected chi connectivity index (χ3v) is 8.37. The molecular formula is C30H29BrN2O5S. The van der Waals surface area contributed by atoms with Crippen molar-refractivity contribution in [2.45, 2.75) is 32.3 Å². The van der Waals surface area contributed by atoms with E-state index in [0.29, 0.717) is 41.2 Å². The van der Waals surface area contributed by atoms with Crippen LogP contribution in [0, 0.1) is 0 Å². The van der Waals surface area contributed by atoms with Crippen LogP contribution in [0.4, 0.5) is 4.79 Å². The van der Waals surface area contributed by atoms with Gasteiger partial charge in [-0.3, -0.25) is 19.3 Å². The number of carbonyl (C=O) groups excluding carboxylic acids is 3. The highest BCUT2D eigenvalue weighted by Crippen LogP contribution is 2.39. The third-order valence-electron chi connectivity index (χ3n) is 6.87. The predicted octanol–water partition coefficient (Wildman–Crippen LogP) is 6.63. The van der Waals surface area contributed by atoms with Crippen LogP contribution in [0.25, 0.3) is 16.8 Å². The van der Waals surface area contributed by atoms with Gasteiger partial charge in [0.25, 0.3) is 11.1 Å². The predicted molar refractivity (Wildman–Crippen MR) is 157 cm³/mol. The van der Waals surface area contributed by atoms with Gasteiger partial charge in [0.2, 0.25) is 5.91 Å². The summed E-state index contributed by atoms with van der Waals surface area (Å²) in [5, 5.41) is 1.87. The fourth-order valence-corrected chi connectivity index (χ4v) is 6.20. The van der Waals surface area contributed by atoms with Crippen molar-refractivity contribution in [3.63, 3.8) is 0 Å². The molecule has 3 aromatic carbocycles. The maximum absolute atomic E-state index is 13.0. The Hall–Kier alpha value is -3.30. The monoisotopic (exact) mass is 608 g/mol. The first kappa shape index (κ1) is 27.3. The van der Waals surface area contributed by atoms with E-state index in [1.54, 1.807) is 24.2 Å². The molecule has 0 radical (unpaired) electrons. The van der Waals surface area contributed by atoms with E-state index in [1.807, 2.05) is 24.3 Å². The maximum atomic E-state index is 13.0. The number of amides is 3. The third kappa shape index (κ3) is 6.31. The number of thioether (sulfide) groups is 1. The first-order valence-corrected chi connectivity index (χ1v) is 14.5. The van der Waals surface area contributed by atoms with Crippen molar-refractivity contribution in [3.8, 4) is 11.5 Å². The van der Waals surface area contributed by atoms with Crippen molar-refractivity contribution in [3.05, 3.63) is 75.1 Å². The van der Waals surface area contributed by atoms with Gasteiger partial charge in [0.1, 0.15) is 13.2 Å². The topological polar surface area (TPSA) is 76.2 Å². The van der Waals surface area contributed by atoms with Crippen LogP contribution in [0.3, 0.4) is 0 Å². The number of halogens is 1. The minimum atomic E-state index is -0.458. The molecule has 0 bridgehead atoms. The molecule has 202 valence electrons. The standard InChI is InChI=1S/C30H29BrN2O5S/c1-37-25-16-21(15-24(31)28(25)38-19-20-10-11-22-8-4-5-9-23(22)14-20)17-26-29(35)33(30(36)39-26)18-27(34)32-12-6-2-3-7-13-32/h4-5,8-11,14-17H,2-3,6-7,12-13,18-19H2,1H3. The second-order valence-electron chi connectivity index (χ2n) is 9.57. The quantitative estimate of drug-likeness (QED) is 0.280. The van der Waals surface area contributed by atoms with Crippen LogP contribution >= 0.6 is 27.7 Å². The van der Waals surface area contributed by atoms with Crippen LogP contribution in [-0.4, -0.2) is 53.6 Å². The first-order valence-electron chi connectivity index (χ1n) is 12.9. The van der Waals surface area contributed by atoms with Crippen molar-refractivity contribution < 1.29 is 23.9 Å². The molecule has 0 atom stereocenters. The number of fused-ring (bicyclic) bond motifs is 1. The Balaban J connectivity index is 1.29.